The second-order valence-electron chi connectivity index (χ2n) is 9.61. The number of epoxide rings is 2. The summed E-state index contributed by atoms with van der Waals surface area (Å²) in [5, 5.41) is 0. The smallest absolute Gasteiger partial charge is 0.197 e. The number of benzene rings is 2. The summed E-state index contributed by atoms with van der Waals surface area (Å²) >= 11 is 0. The Hall–Kier alpha value is -2.12. The summed E-state index contributed by atoms with van der Waals surface area (Å²) in [4.78, 5) is 0. The summed E-state index contributed by atoms with van der Waals surface area (Å²) in [6, 6.07) is 9.06. The van der Waals surface area contributed by atoms with Crippen molar-refractivity contribution < 1.29 is 28.4 Å². The number of hydrogen-bond acceptors (Lipinski definition) is 6. The predicted molar refractivity (Wildman–Crippen MR) is 141 cm³/mol. The van der Waals surface area contributed by atoms with Crippen molar-refractivity contribution in [2.45, 2.75) is 92.0 Å². The van der Waals surface area contributed by atoms with E-state index in [1.54, 1.807) is 0 Å². The van der Waals surface area contributed by atoms with Gasteiger partial charge in [0.1, 0.15) is 23.7 Å². The van der Waals surface area contributed by atoms with Crippen molar-refractivity contribution in [1.29, 1.82) is 0 Å². The zero-order chi connectivity index (χ0) is 25.7. The Morgan fingerprint density at radius 3 is 1.19 bits per heavy atom. The SMILES string of the molecule is CCc1cc(-c2cc(CC)c(OC(C)OCC3CO3)c(CC)c2)cc(CC)c1OC(C)OCC1CO1. The highest BCUT2D eigenvalue weighted by Gasteiger charge is 2.25. The second kappa shape index (κ2) is 12.4. The van der Waals surface area contributed by atoms with Gasteiger partial charge in [-0.05, 0) is 97.2 Å². The van der Waals surface area contributed by atoms with Crippen LogP contribution in [0.3, 0.4) is 0 Å². The van der Waals surface area contributed by atoms with Gasteiger partial charge in [0.15, 0.2) is 12.6 Å². The van der Waals surface area contributed by atoms with E-state index in [-0.39, 0.29) is 24.8 Å². The molecule has 2 aliphatic heterocycles. The topological polar surface area (TPSA) is 62.0 Å². The van der Waals surface area contributed by atoms with Crippen LogP contribution in [0.1, 0.15) is 63.8 Å². The Labute approximate surface area is 216 Å². The largest absolute Gasteiger partial charge is 0.465 e. The molecule has 0 aromatic heterocycles. The van der Waals surface area contributed by atoms with E-state index in [0.717, 1.165) is 50.4 Å². The first-order valence-corrected chi connectivity index (χ1v) is 13.6. The Morgan fingerprint density at radius 1 is 0.639 bits per heavy atom. The first-order chi connectivity index (χ1) is 17.4. The van der Waals surface area contributed by atoms with Gasteiger partial charge in [0, 0.05) is 0 Å². The van der Waals surface area contributed by atoms with E-state index in [1.165, 1.54) is 33.4 Å². The van der Waals surface area contributed by atoms with Gasteiger partial charge in [-0.2, -0.15) is 0 Å². The maximum atomic E-state index is 6.30. The van der Waals surface area contributed by atoms with E-state index in [2.05, 4.69) is 52.0 Å². The minimum atomic E-state index is -0.318. The molecule has 2 aliphatic rings. The molecule has 6 nitrogen and oxygen atoms in total. The standard InChI is InChI=1S/C30H42O6/c1-7-21-11-25(12-22(8-2)29(21)35-19(5)31-15-27-17-33-27)26-13-23(9-3)30(24(10-4)14-26)36-20(6)32-16-28-18-34-28/h11-14,19-20,27-28H,7-10,15-18H2,1-6H3. The number of aryl methyl sites for hydroxylation is 4. The quantitative estimate of drug-likeness (QED) is 0.226. The molecule has 2 heterocycles. The fourth-order valence-electron chi connectivity index (χ4n) is 4.41. The molecule has 0 spiro atoms. The zero-order valence-electron chi connectivity index (χ0n) is 22.7. The second-order valence-corrected chi connectivity index (χ2v) is 9.61. The van der Waals surface area contributed by atoms with Crippen LogP contribution in [0.25, 0.3) is 11.1 Å². The molecule has 0 amide bonds. The average molecular weight is 499 g/mol. The minimum Gasteiger partial charge on any atom is -0.465 e. The highest BCUT2D eigenvalue weighted by atomic mass is 16.7. The van der Waals surface area contributed by atoms with Gasteiger partial charge < -0.3 is 28.4 Å². The highest BCUT2D eigenvalue weighted by Crippen LogP contribution is 2.37. The van der Waals surface area contributed by atoms with Crippen LogP contribution in [0.5, 0.6) is 11.5 Å². The van der Waals surface area contributed by atoms with E-state index >= 15 is 0 Å². The molecule has 4 rings (SSSR count). The first kappa shape index (κ1) is 26.9. The maximum Gasteiger partial charge on any atom is 0.197 e. The predicted octanol–water partition coefficient (Wildman–Crippen LogP) is 5.88. The summed E-state index contributed by atoms with van der Waals surface area (Å²) in [7, 11) is 0. The molecule has 4 atom stereocenters. The third-order valence-electron chi connectivity index (χ3n) is 6.75. The molecule has 0 aliphatic carbocycles. The average Bonchev–Trinajstić information content (AvgIpc) is 3.81. The van der Waals surface area contributed by atoms with Gasteiger partial charge in [-0.3, -0.25) is 0 Å². The van der Waals surface area contributed by atoms with Gasteiger partial charge >= 0.3 is 0 Å². The van der Waals surface area contributed by atoms with Crippen LogP contribution < -0.4 is 9.47 Å². The third kappa shape index (κ3) is 7.00. The molecule has 0 saturated carbocycles. The molecule has 0 N–H and O–H groups in total. The molecule has 36 heavy (non-hydrogen) atoms. The lowest BCUT2D eigenvalue weighted by molar-refractivity contribution is -0.0719. The van der Waals surface area contributed by atoms with Gasteiger partial charge in [-0.1, -0.05) is 27.7 Å². The zero-order valence-corrected chi connectivity index (χ0v) is 22.7. The summed E-state index contributed by atoms with van der Waals surface area (Å²) in [5.74, 6) is 1.90. The molecule has 2 aromatic rings. The molecule has 2 fully saturated rings. The Balaban J connectivity index is 1.59. The van der Waals surface area contributed by atoms with Crippen LogP contribution in [0.4, 0.5) is 0 Å². The Morgan fingerprint density at radius 2 is 0.944 bits per heavy atom. The van der Waals surface area contributed by atoms with Crippen molar-refractivity contribution in [3.63, 3.8) is 0 Å². The Bertz CT molecular complexity index is 879. The van der Waals surface area contributed by atoms with Gasteiger partial charge in [-0.25, -0.2) is 0 Å². The molecule has 2 saturated heterocycles. The van der Waals surface area contributed by atoms with Crippen LogP contribution in [-0.2, 0) is 44.6 Å². The molecule has 6 heteroatoms. The van der Waals surface area contributed by atoms with Crippen molar-refractivity contribution in [1.82, 2.24) is 0 Å². The van der Waals surface area contributed by atoms with E-state index in [0.29, 0.717) is 13.2 Å². The van der Waals surface area contributed by atoms with Crippen LogP contribution in [0.15, 0.2) is 24.3 Å². The molecule has 0 radical (unpaired) electrons. The molecule has 198 valence electrons. The summed E-state index contributed by atoms with van der Waals surface area (Å²) in [6.07, 6.45) is 3.36. The first-order valence-electron chi connectivity index (χ1n) is 13.6. The highest BCUT2D eigenvalue weighted by molar-refractivity contribution is 5.71. The van der Waals surface area contributed by atoms with E-state index in [4.69, 9.17) is 28.4 Å². The molecular formula is C30H42O6. The Kier molecular flexibility index (Phi) is 9.29. The summed E-state index contributed by atoms with van der Waals surface area (Å²) < 4.78 is 34.8. The molecule has 2 aromatic carbocycles. The van der Waals surface area contributed by atoms with Gasteiger partial charge in [0.2, 0.25) is 0 Å². The van der Waals surface area contributed by atoms with Crippen molar-refractivity contribution in [2.75, 3.05) is 26.4 Å². The van der Waals surface area contributed by atoms with E-state index in [1.807, 2.05) is 13.8 Å². The monoisotopic (exact) mass is 498 g/mol. The molecule has 0 bridgehead atoms. The molecule has 4 unspecified atom stereocenters. The van der Waals surface area contributed by atoms with E-state index < -0.39 is 0 Å². The number of ether oxygens (including phenoxy) is 6. The fraction of sp³-hybridized carbons (Fsp3) is 0.600. The van der Waals surface area contributed by atoms with Gasteiger partial charge in [0.05, 0.1) is 26.4 Å². The van der Waals surface area contributed by atoms with Crippen molar-refractivity contribution in [3.8, 4) is 22.6 Å². The van der Waals surface area contributed by atoms with Crippen LogP contribution >= 0.6 is 0 Å². The van der Waals surface area contributed by atoms with Crippen molar-refractivity contribution in [2.24, 2.45) is 0 Å². The van der Waals surface area contributed by atoms with Crippen LogP contribution in [-0.4, -0.2) is 51.2 Å². The third-order valence-corrected chi connectivity index (χ3v) is 6.75. The summed E-state index contributed by atoms with van der Waals surface area (Å²) in [5.41, 5.74) is 7.21. The van der Waals surface area contributed by atoms with Crippen molar-refractivity contribution in [3.05, 3.63) is 46.5 Å². The maximum absolute atomic E-state index is 6.30. The number of rotatable bonds is 15. The van der Waals surface area contributed by atoms with Gasteiger partial charge in [-0.15, -0.1) is 0 Å². The van der Waals surface area contributed by atoms with Crippen LogP contribution in [0.2, 0.25) is 0 Å². The lowest BCUT2D eigenvalue weighted by atomic mass is 9.92. The van der Waals surface area contributed by atoms with Crippen molar-refractivity contribution >= 4 is 0 Å². The summed E-state index contributed by atoms with van der Waals surface area (Å²) in [6.45, 7) is 15.3. The van der Waals surface area contributed by atoms with E-state index in [9.17, 15) is 0 Å². The minimum absolute atomic E-state index is 0.226. The van der Waals surface area contributed by atoms with Gasteiger partial charge in [0.25, 0.3) is 0 Å². The van der Waals surface area contributed by atoms with Crippen LogP contribution in [0, 0.1) is 0 Å². The lowest BCUT2D eigenvalue weighted by Gasteiger charge is -2.23. The lowest BCUT2D eigenvalue weighted by Crippen LogP contribution is -2.20. The molecular weight excluding hydrogens is 456 g/mol. The number of hydrogen-bond donors (Lipinski definition) is 0. The normalized spacial score (nSPS) is 20.2. The fourth-order valence-corrected chi connectivity index (χ4v) is 4.41.